The predicted octanol–water partition coefficient (Wildman–Crippen LogP) is 4.96. The van der Waals surface area contributed by atoms with Gasteiger partial charge in [0.15, 0.2) is 0 Å². The molecule has 0 spiro atoms. The van der Waals surface area contributed by atoms with Crippen molar-refractivity contribution in [1.82, 2.24) is 5.32 Å². The van der Waals surface area contributed by atoms with Crippen LogP contribution >= 0.6 is 0 Å². The van der Waals surface area contributed by atoms with E-state index in [1.807, 2.05) is 18.2 Å². The molecular weight excluding hydrogens is 367 g/mol. The van der Waals surface area contributed by atoms with Gasteiger partial charge in [0.1, 0.15) is 5.82 Å². The smallest absolute Gasteiger partial charge is 0.228 e. The first-order chi connectivity index (χ1) is 13.8. The van der Waals surface area contributed by atoms with Gasteiger partial charge in [0.05, 0.1) is 11.8 Å². The summed E-state index contributed by atoms with van der Waals surface area (Å²) in [5.41, 5.74) is 3.52. The minimum absolute atomic E-state index is 0.119. The zero-order chi connectivity index (χ0) is 21.1. The molecule has 2 unspecified atom stereocenters. The maximum Gasteiger partial charge on any atom is 0.228 e. The third-order valence-corrected chi connectivity index (χ3v) is 5.50. The number of benzene rings is 2. The van der Waals surface area contributed by atoms with Crippen molar-refractivity contribution in [3.63, 3.8) is 0 Å². The molecule has 1 fully saturated rings. The molecule has 0 aliphatic heterocycles. The van der Waals surface area contributed by atoms with Crippen LogP contribution in [-0.2, 0) is 16.1 Å². The average molecular weight is 397 g/mol. The second-order valence-corrected chi connectivity index (χ2v) is 8.37. The fraction of sp³-hybridized carbons (Fsp3) is 0.417. The van der Waals surface area contributed by atoms with Gasteiger partial charge in [0, 0.05) is 17.8 Å². The summed E-state index contributed by atoms with van der Waals surface area (Å²) in [5, 5.41) is 5.84. The van der Waals surface area contributed by atoms with Gasteiger partial charge in [-0.2, -0.15) is 0 Å². The topological polar surface area (TPSA) is 58.2 Å². The molecule has 1 aliphatic rings. The van der Waals surface area contributed by atoms with Crippen LogP contribution in [0.15, 0.2) is 42.5 Å². The first-order valence-electron chi connectivity index (χ1n) is 10.2. The number of halogens is 1. The summed E-state index contributed by atoms with van der Waals surface area (Å²) in [6, 6.07) is 12.5. The Bertz CT molecular complexity index is 881. The Hall–Kier alpha value is -2.69. The molecule has 29 heavy (non-hydrogen) atoms. The lowest BCUT2D eigenvalue weighted by Crippen LogP contribution is -2.27. The number of hydrogen-bond donors (Lipinski definition) is 2. The lowest BCUT2D eigenvalue weighted by Gasteiger charge is -2.20. The molecule has 0 radical (unpaired) electrons. The molecule has 0 heterocycles. The lowest BCUT2D eigenvalue weighted by molar-refractivity contribution is -0.125. The third kappa shape index (κ3) is 4.84. The summed E-state index contributed by atoms with van der Waals surface area (Å²) in [5.74, 6) is -0.789. The van der Waals surface area contributed by atoms with Gasteiger partial charge in [-0.1, -0.05) is 64.1 Å². The highest BCUT2D eigenvalue weighted by Gasteiger charge is 2.48. The number of rotatable bonds is 7. The van der Waals surface area contributed by atoms with Crippen molar-refractivity contribution in [3.05, 3.63) is 65.0 Å². The van der Waals surface area contributed by atoms with E-state index in [9.17, 15) is 14.0 Å². The largest absolute Gasteiger partial charge is 0.352 e. The Kier molecular flexibility index (Phi) is 6.36. The third-order valence-electron chi connectivity index (χ3n) is 5.50. The van der Waals surface area contributed by atoms with E-state index in [4.69, 9.17) is 0 Å². The van der Waals surface area contributed by atoms with Gasteiger partial charge in [-0.15, -0.1) is 0 Å². The first-order valence-corrected chi connectivity index (χ1v) is 10.2. The van der Waals surface area contributed by atoms with E-state index in [2.05, 4.69) is 38.3 Å². The summed E-state index contributed by atoms with van der Waals surface area (Å²) >= 11 is 0. The number of carbonyl (C=O) groups excluding carboxylic acids is 2. The van der Waals surface area contributed by atoms with E-state index in [-0.39, 0.29) is 47.8 Å². The molecule has 2 atom stereocenters. The van der Waals surface area contributed by atoms with E-state index < -0.39 is 0 Å². The van der Waals surface area contributed by atoms with E-state index >= 15 is 0 Å². The molecule has 1 saturated carbocycles. The molecule has 0 aromatic heterocycles. The van der Waals surface area contributed by atoms with E-state index in [0.29, 0.717) is 12.0 Å². The maximum atomic E-state index is 13.7. The van der Waals surface area contributed by atoms with Crippen LogP contribution in [0.5, 0.6) is 0 Å². The van der Waals surface area contributed by atoms with Crippen LogP contribution in [0.25, 0.3) is 0 Å². The van der Waals surface area contributed by atoms with Gasteiger partial charge >= 0.3 is 0 Å². The molecule has 2 aromatic carbocycles. The number of carbonyl (C=O) groups is 2. The number of para-hydroxylation sites is 1. The fourth-order valence-electron chi connectivity index (χ4n) is 3.64. The first kappa shape index (κ1) is 21.0. The summed E-state index contributed by atoms with van der Waals surface area (Å²) < 4.78 is 13.7. The van der Waals surface area contributed by atoms with Gasteiger partial charge in [0.2, 0.25) is 11.8 Å². The van der Waals surface area contributed by atoms with Crippen molar-refractivity contribution in [2.45, 2.75) is 52.5 Å². The summed E-state index contributed by atoms with van der Waals surface area (Å²) in [7, 11) is 0. The van der Waals surface area contributed by atoms with E-state index in [1.54, 1.807) is 18.2 Å². The average Bonchev–Trinajstić information content (AvgIpc) is 3.48. The Balaban J connectivity index is 1.63. The summed E-state index contributed by atoms with van der Waals surface area (Å²) in [4.78, 5) is 25.2. The van der Waals surface area contributed by atoms with Gasteiger partial charge < -0.3 is 10.6 Å². The van der Waals surface area contributed by atoms with Crippen LogP contribution in [0, 0.1) is 17.7 Å². The Labute approximate surface area is 171 Å². The Morgan fingerprint density at radius 2 is 1.52 bits per heavy atom. The quantitative estimate of drug-likeness (QED) is 0.695. The molecular formula is C24H29FN2O2. The standard InChI is InChI=1S/C24H29FN2O2/c1-14(2)17-9-7-10-18(15(3)4)22(17)27-24(29)20-12-19(20)23(28)26-13-16-8-5-6-11-21(16)25/h5-11,14-15,19-20H,12-13H2,1-4H3,(H,26,28)(H,27,29). The number of anilines is 1. The highest BCUT2D eigenvalue weighted by Crippen LogP contribution is 2.41. The van der Waals surface area contributed by atoms with Crippen molar-refractivity contribution < 1.29 is 14.0 Å². The van der Waals surface area contributed by atoms with Crippen molar-refractivity contribution in [1.29, 1.82) is 0 Å². The van der Waals surface area contributed by atoms with Crippen LogP contribution in [0.1, 0.15) is 62.6 Å². The molecule has 5 heteroatoms. The van der Waals surface area contributed by atoms with Crippen LogP contribution in [-0.4, -0.2) is 11.8 Å². The number of amides is 2. The maximum absolute atomic E-state index is 13.7. The van der Waals surface area contributed by atoms with Crippen LogP contribution in [0.2, 0.25) is 0 Å². The minimum atomic E-state index is -0.351. The van der Waals surface area contributed by atoms with Crippen LogP contribution < -0.4 is 10.6 Å². The Morgan fingerprint density at radius 1 is 0.931 bits per heavy atom. The predicted molar refractivity (Wildman–Crippen MR) is 113 cm³/mol. The highest BCUT2D eigenvalue weighted by molar-refractivity contribution is 6.00. The molecule has 154 valence electrons. The summed E-state index contributed by atoms with van der Waals surface area (Å²) in [6.45, 7) is 8.54. The van der Waals surface area contributed by atoms with Crippen molar-refractivity contribution in [2.75, 3.05) is 5.32 Å². The number of nitrogens with one attached hydrogen (secondary N) is 2. The fourth-order valence-corrected chi connectivity index (χ4v) is 3.64. The van der Waals surface area contributed by atoms with Crippen LogP contribution in [0.3, 0.4) is 0 Å². The van der Waals surface area contributed by atoms with E-state index in [1.165, 1.54) is 6.07 Å². The second-order valence-electron chi connectivity index (χ2n) is 8.37. The monoisotopic (exact) mass is 396 g/mol. The van der Waals surface area contributed by atoms with Gasteiger partial charge in [-0.05, 0) is 35.4 Å². The SMILES string of the molecule is CC(C)c1cccc(C(C)C)c1NC(=O)C1CC1C(=O)NCc1ccccc1F. The molecule has 1 aliphatic carbocycles. The molecule has 0 saturated heterocycles. The van der Waals surface area contributed by atoms with Crippen molar-refractivity contribution in [3.8, 4) is 0 Å². The zero-order valence-corrected chi connectivity index (χ0v) is 17.5. The number of hydrogen-bond acceptors (Lipinski definition) is 2. The van der Waals surface area contributed by atoms with Gasteiger partial charge in [-0.25, -0.2) is 4.39 Å². The molecule has 0 bridgehead atoms. The minimum Gasteiger partial charge on any atom is -0.352 e. The Morgan fingerprint density at radius 3 is 2.10 bits per heavy atom. The molecule has 2 N–H and O–H groups in total. The molecule has 4 nitrogen and oxygen atoms in total. The lowest BCUT2D eigenvalue weighted by atomic mass is 9.92. The van der Waals surface area contributed by atoms with Crippen LogP contribution in [0.4, 0.5) is 10.1 Å². The zero-order valence-electron chi connectivity index (χ0n) is 17.5. The normalized spacial score (nSPS) is 18.0. The molecule has 2 aromatic rings. The highest BCUT2D eigenvalue weighted by atomic mass is 19.1. The van der Waals surface area contributed by atoms with Crippen molar-refractivity contribution >= 4 is 17.5 Å². The van der Waals surface area contributed by atoms with Crippen molar-refractivity contribution in [2.24, 2.45) is 11.8 Å². The molecule has 2 amide bonds. The van der Waals surface area contributed by atoms with Gasteiger partial charge in [-0.3, -0.25) is 9.59 Å². The van der Waals surface area contributed by atoms with Gasteiger partial charge in [0.25, 0.3) is 0 Å². The van der Waals surface area contributed by atoms with E-state index in [0.717, 1.165) is 16.8 Å². The second kappa shape index (κ2) is 8.76. The molecule has 3 rings (SSSR count). The summed E-state index contributed by atoms with van der Waals surface area (Å²) in [6.07, 6.45) is 0.524.